The number of rotatable bonds is 2. The summed E-state index contributed by atoms with van der Waals surface area (Å²) in [6, 6.07) is 4.94. The second-order valence-corrected chi connectivity index (χ2v) is 5.01. The van der Waals surface area contributed by atoms with Crippen LogP contribution in [0.2, 0.25) is 5.02 Å². The number of nitrogens with two attached hydrogens (primary N) is 1. The van der Waals surface area contributed by atoms with Gasteiger partial charge in [0.05, 0.1) is 10.6 Å². The summed E-state index contributed by atoms with van der Waals surface area (Å²) in [5, 5.41) is 3.44. The largest absolute Gasteiger partial charge is 0.399 e. The molecule has 3 N–H and O–H groups in total. The van der Waals surface area contributed by atoms with E-state index in [1.807, 2.05) is 0 Å². The molecule has 0 spiro atoms. The quantitative estimate of drug-likeness (QED) is 0.779. The molecule has 4 heteroatoms. The molecule has 0 unspecified atom stereocenters. The average molecular weight is 239 g/mol. The molecule has 0 aliphatic heterocycles. The molecule has 86 valence electrons. The number of amides is 1. The molecule has 2 rings (SSSR count). The number of carbonyl (C=O) groups excluding carboxylic acids is 1. The first-order valence-corrected chi connectivity index (χ1v) is 5.75. The Morgan fingerprint density at radius 2 is 2.19 bits per heavy atom. The van der Waals surface area contributed by atoms with E-state index >= 15 is 0 Å². The predicted octanol–water partition coefficient (Wildman–Crippen LogP) is 2.59. The highest BCUT2D eigenvalue weighted by molar-refractivity contribution is 6.34. The standard InChI is InChI=1S/C12H15ClN2O/c1-12(5-2-6-12)15-11(16)9-7-8(14)3-4-10(9)13/h3-4,7H,2,5-6,14H2,1H3,(H,15,16). The van der Waals surface area contributed by atoms with Crippen molar-refractivity contribution in [1.82, 2.24) is 5.32 Å². The van der Waals surface area contributed by atoms with Gasteiger partial charge in [-0.05, 0) is 44.4 Å². The number of carbonyl (C=O) groups is 1. The first kappa shape index (κ1) is 11.3. The Balaban J connectivity index is 2.17. The summed E-state index contributed by atoms with van der Waals surface area (Å²) in [6.45, 7) is 2.05. The van der Waals surface area contributed by atoms with Crippen LogP contribution in [0.3, 0.4) is 0 Å². The van der Waals surface area contributed by atoms with Crippen molar-refractivity contribution in [2.45, 2.75) is 31.7 Å². The lowest BCUT2D eigenvalue weighted by molar-refractivity contribution is 0.0850. The average Bonchev–Trinajstić information content (AvgIpc) is 2.19. The molecular weight excluding hydrogens is 224 g/mol. The Kier molecular flexibility index (Phi) is 2.80. The van der Waals surface area contributed by atoms with Crippen LogP contribution in [0.1, 0.15) is 36.5 Å². The molecule has 1 aromatic carbocycles. The highest BCUT2D eigenvalue weighted by Gasteiger charge is 2.33. The maximum Gasteiger partial charge on any atom is 0.253 e. The van der Waals surface area contributed by atoms with Gasteiger partial charge in [-0.25, -0.2) is 0 Å². The van der Waals surface area contributed by atoms with Gasteiger partial charge < -0.3 is 11.1 Å². The van der Waals surface area contributed by atoms with Crippen molar-refractivity contribution in [2.24, 2.45) is 0 Å². The van der Waals surface area contributed by atoms with E-state index in [9.17, 15) is 4.79 Å². The number of nitrogens with one attached hydrogen (secondary N) is 1. The van der Waals surface area contributed by atoms with Gasteiger partial charge in [0.2, 0.25) is 0 Å². The molecule has 0 radical (unpaired) electrons. The van der Waals surface area contributed by atoms with Crippen LogP contribution >= 0.6 is 11.6 Å². The molecule has 1 fully saturated rings. The Labute approximate surface area is 100.0 Å². The van der Waals surface area contributed by atoms with Crippen LogP contribution in [0.25, 0.3) is 0 Å². The number of nitrogen functional groups attached to an aromatic ring is 1. The number of hydrogen-bond acceptors (Lipinski definition) is 2. The predicted molar refractivity (Wildman–Crippen MR) is 65.6 cm³/mol. The molecule has 1 aliphatic carbocycles. The van der Waals surface area contributed by atoms with Crippen molar-refractivity contribution in [2.75, 3.05) is 5.73 Å². The maximum absolute atomic E-state index is 12.0. The Morgan fingerprint density at radius 3 is 2.75 bits per heavy atom. The van der Waals surface area contributed by atoms with Crippen molar-refractivity contribution >= 4 is 23.2 Å². The van der Waals surface area contributed by atoms with E-state index in [0.717, 1.165) is 12.8 Å². The zero-order valence-electron chi connectivity index (χ0n) is 9.22. The fourth-order valence-electron chi connectivity index (χ4n) is 1.89. The van der Waals surface area contributed by atoms with Crippen molar-refractivity contribution in [3.63, 3.8) is 0 Å². The molecule has 1 aromatic rings. The Bertz CT molecular complexity index is 427. The van der Waals surface area contributed by atoms with Gasteiger partial charge in [0.1, 0.15) is 0 Å². The lowest BCUT2D eigenvalue weighted by atomic mass is 9.78. The van der Waals surface area contributed by atoms with E-state index in [1.54, 1.807) is 18.2 Å². The second-order valence-electron chi connectivity index (χ2n) is 4.61. The topological polar surface area (TPSA) is 55.1 Å². The number of halogens is 1. The molecule has 1 saturated carbocycles. The first-order chi connectivity index (χ1) is 7.50. The van der Waals surface area contributed by atoms with Crippen LogP contribution in [-0.2, 0) is 0 Å². The molecule has 3 nitrogen and oxygen atoms in total. The maximum atomic E-state index is 12.0. The van der Waals surface area contributed by atoms with Gasteiger partial charge in [0.15, 0.2) is 0 Å². The van der Waals surface area contributed by atoms with E-state index in [0.29, 0.717) is 16.3 Å². The van der Waals surface area contributed by atoms with Crippen LogP contribution in [-0.4, -0.2) is 11.4 Å². The Morgan fingerprint density at radius 1 is 1.50 bits per heavy atom. The van der Waals surface area contributed by atoms with Gasteiger partial charge in [-0.2, -0.15) is 0 Å². The zero-order valence-corrected chi connectivity index (χ0v) is 9.97. The van der Waals surface area contributed by atoms with Gasteiger partial charge in [-0.3, -0.25) is 4.79 Å². The molecule has 0 atom stereocenters. The van der Waals surface area contributed by atoms with Gasteiger partial charge >= 0.3 is 0 Å². The van der Waals surface area contributed by atoms with E-state index < -0.39 is 0 Å². The third-order valence-corrected chi connectivity index (χ3v) is 3.44. The highest BCUT2D eigenvalue weighted by atomic mass is 35.5. The number of benzene rings is 1. The third-order valence-electron chi connectivity index (χ3n) is 3.11. The molecule has 0 aromatic heterocycles. The van der Waals surface area contributed by atoms with Crippen molar-refractivity contribution in [1.29, 1.82) is 0 Å². The molecular formula is C12H15ClN2O. The van der Waals surface area contributed by atoms with Crippen LogP contribution in [0.5, 0.6) is 0 Å². The van der Waals surface area contributed by atoms with Crippen molar-refractivity contribution in [3.05, 3.63) is 28.8 Å². The van der Waals surface area contributed by atoms with E-state index in [4.69, 9.17) is 17.3 Å². The molecule has 0 saturated heterocycles. The monoisotopic (exact) mass is 238 g/mol. The van der Waals surface area contributed by atoms with Crippen LogP contribution in [0, 0.1) is 0 Å². The summed E-state index contributed by atoms with van der Waals surface area (Å²) in [4.78, 5) is 12.0. The molecule has 0 bridgehead atoms. The van der Waals surface area contributed by atoms with E-state index in [1.165, 1.54) is 6.42 Å². The van der Waals surface area contributed by atoms with Crippen molar-refractivity contribution in [3.8, 4) is 0 Å². The highest BCUT2D eigenvalue weighted by Crippen LogP contribution is 2.31. The summed E-state index contributed by atoms with van der Waals surface area (Å²) in [5.74, 6) is -0.139. The first-order valence-electron chi connectivity index (χ1n) is 5.38. The zero-order chi connectivity index (χ0) is 11.8. The van der Waals surface area contributed by atoms with E-state index in [-0.39, 0.29) is 11.4 Å². The van der Waals surface area contributed by atoms with Gasteiger partial charge in [-0.15, -0.1) is 0 Å². The lowest BCUT2D eigenvalue weighted by Crippen LogP contribution is -2.51. The molecule has 1 amide bonds. The van der Waals surface area contributed by atoms with Crippen LogP contribution in [0.4, 0.5) is 5.69 Å². The number of anilines is 1. The van der Waals surface area contributed by atoms with Gasteiger partial charge in [0.25, 0.3) is 5.91 Å². The van der Waals surface area contributed by atoms with Crippen molar-refractivity contribution < 1.29 is 4.79 Å². The van der Waals surface area contributed by atoms with Crippen LogP contribution < -0.4 is 11.1 Å². The fraction of sp³-hybridized carbons (Fsp3) is 0.417. The van der Waals surface area contributed by atoms with Gasteiger partial charge in [-0.1, -0.05) is 11.6 Å². The minimum Gasteiger partial charge on any atom is -0.399 e. The molecule has 1 aliphatic rings. The summed E-state index contributed by atoms with van der Waals surface area (Å²) in [5.41, 5.74) is 6.58. The SMILES string of the molecule is CC1(NC(=O)c2cc(N)ccc2Cl)CCC1. The van der Waals surface area contributed by atoms with Crippen LogP contribution in [0.15, 0.2) is 18.2 Å². The summed E-state index contributed by atoms with van der Waals surface area (Å²) in [7, 11) is 0. The Hall–Kier alpha value is -1.22. The molecule has 16 heavy (non-hydrogen) atoms. The summed E-state index contributed by atoms with van der Waals surface area (Å²) in [6.07, 6.45) is 3.22. The smallest absolute Gasteiger partial charge is 0.253 e. The summed E-state index contributed by atoms with van der Waals surface area (Å²) >= 11 is 5.96. The van der Waals surface area contributed by atoms with E-state index in [2.05, 4.69) is 12.2 Å². The third kappa shape index (κ3) is 2.14. The van der Waals surface area contributed by atoms with Gasteiger partial charge in [0, 0.05) is 11.2 Å². The fourth-order valence-corrected chi connectivity index (χ4v) is 2.09. The molecule has 0 heterocycles. The minimum atomic E-state index is -0.139. The lowest BCUT2D eigenvalue weighted by Gasteiger charge is -2.39. The number of hydrogen-bond donors (Lipinski definition) is 2. The minimum absolute atomic E-state index is 0.0645. The second kappa shape index (κ2) is 3.98. The summed E-state index contributed by atoms with van der Waals surface area (Å²) < 4.78 is 0. The normalized spacial score (nSPS) is 17.6.